The van der Waals surface area contributed by atoms with Crippen LogP contribution in [0.3, 0.4) is 0 Å². The van der Waals surface area contributed by atoms with E-state index >= 15 is 0 Å². The van der Waals surface area contributed by atoms with Crippen molar-refractivity contribution in [3.8, 4) is 11.1 Å². The fraction of sp³-hybridized carbons (Fsp3) is 0. The Labute approximate surface area is 85.4 Å². The first-order chi connectivity index (χ1) is 7.18. The molecule has 0 saturated heterocycles. The zero-order chi connectivity index (χ0) is 10.8. The lowest BCUT2D eigenvalue weighted by atomic mass is 10.1. The second-order valence-corrected chi connectivity index (χ2v) is 3.09. The van der Waals surface area contributed by atoms with Crippen LogP contribution in [0.4, 0.5) is 14.5 Å². The molecular formula is C11H8F2N2. The maximum absolute atomic E-state index is 13.4. The molecule has 0 bridgehead atoms. The molecule has 1 aromatic carbocycles. The molecular weight excluding hydrogens is 198 g/mol. The molecule has 1 heterocycles. The standard InChI is InChI=1S/C11H8F2N2/c12-7-1-2-8(10(13)5-7)9-6-15-4-3-11(9)14/h1-6H,(H2,14,15). The van der Waals surface area contributed by atoms with Crippen molar-refractivity contribution in [3.05, 3.63) is 48.3 Å². The molecule has 15 heavy (non-hydrogen) atoms. The molecule has 2 rings (SSSR count). The quantitative estimate of drug-likeness (QED) is 0.778. The average molecular weight is 206 g/mol. The fourth-order valence-corrected chi connectivity index (χ4v) is 1.34. The van der Waals surface area contributed by atoms with E-state index in [0.717, 1.165) is 6.07 Å². The van der Waals surface area contributed by atoms with Gasteiger partial charge in [-0.15, -0.1) is 0 Å². The summed E-state index contributed by atoms with van der Waals surface area (Å²) in [6.45, 7) is 0. The number of hydrogen-bond donors (Lipinski definition) is 1. The molecule has 0 radical (unpaired) electrons. The van der Waals surface area contributed by atoms with Crippen LogP contribution < -0.4 is 5.73 Å². The van der Waals surface area contributed by atoms with Gasteiger partial charge in [-0.05, 0) is 18.2 Å². The van der Waals surface area contributed by atoms with E-state index < -0.39 is 11.6 Å². The van der Waals surface area contributed by atoms with Gasteiger partial charge in [0.1, 0.15) is 11.6 Å². The lowest BCUT2D eigenvalue weighted by molar-refractivity contribution is 0.585. The molecule has 0 spiro atoms. The lowest BCUT2D eigenvalue weighted by Gasteiger charge is -2.05. The molecule has 2 nitrogen and oxygen atoms in total. The summed E-state index contributed by atoms with van der Waals surface area (Å²) in [5.74, 6) is -1.26. The van der Waals surface area contributed by atoms with Gasteiger partial charge in [0.15, 0.2) is 0 Å². The van der Waals surface area contributed by atoms with Crippen molar-refractivity contribution in [1.29, 1.82) is 0 Å². The monoisotopic (exact) mass is 206 g/mol. The Morgan fingerprint density at radius 3 is 2.53 bits per heavy atom. The summed E-state index contributed by atoms with van der Waals surface area (Å²) >= 11 is 0. The summed E-state index contributed by atoms with van der Waals surface area (Å²) in [6.07, 6.45) is 2.96. The Bertz CT molecular complexity index is 498. The van der Waals surface area contributed by atoms with Gasteiger partial charge in [-0.3, -0.25) is 4.98 Å². The van der Waals surface area contributed by atoms with Gasteiger partial charge in [0, 0.05) is 35.3 Å². The van der Waals surface area contributed by atoms with Crippen molar-refractivity contribution < 1.29 is 8.78 Å². The van der Waals surface area contributed by atoms with Crippen LogP contribution in [0.1, 0.15) is 0 Å². The highest BCUT2D eigenvalue weighted by Crippen LogP contribution is 2.27. The third-order valence-electron chi connectivity index (χ3n) is 2.08. The Kier molecular flexibility index (Phi) is 2.33. The van der Waals surface area contributed by atoms with Crippen LogP contribution in [-0.2, 0) is 0 Å². The first kappa shape index (κ1) is 9.58. The molecule has 0 amide bonds. The smallest absolute Gasteiger partial charge is 0.134 e. The van der Waals surface area contributed by atoms with Crippen molar-refractivity contribution >= 4 is 5.69 Å². The van der Waals surface area contributed by atoms with Crippen molar-refractivity contribution in [2.75, 3.05) is 5.73 Å². The summed E-state index contributed by atoms with van der Waals surface area (Å²) < 4.78 is 26.1. The van der Waals surface area contributed by atoms with E-state index in [4.69, 9.17) is 5.73 Å². The van der Waals surface area contributed by atoms with Crippen LogP contribution in [0, 0.1) is 11.6 Å². The normalized spacial score (nSPS) is 10.3. The number of nitrogens with zero attached hydrogens (tertiary/aromatic N) is 1. The molecule has 76 valence electrons. The summed E-state index contributed by atoms with van der Waals surface area (Å²) in [5, 5.41) is 0. The van der Waals surface area contributed by atoms with Gasteiger partial charge >= 0.3 is 0 Å². The molecule has 2 N–H and O–H groups in total. The number of benzene rings is 1. The number of anilines is 1. The van der Waals surface area contributed by atoms with Gasteiger partial charge < -0.3 is 5.73 Å². The number of nitrogen functional groups attached to an aromatic ring is 1. The third-order valence-corrected chi connectivity index (χ3v) is 2.08. The lowest BCUT2D eigenvalue weighted by Crippen LogP contribution is -1.93. The molecule has 0 atom stereocenters. The van der Waals surface area contributed by atoms with Crippen molar-refractivity contribution in [1.82, 2.24) is 4.98 Å². The van der Waals surface area contributed by atoms with Crippen LogP contribution >= 0.6 is 0 Å². The number of hydrogen-bond acceptors (Lipinski definition) is 2. The van der Waals surface area contributed by atoms with E-state index in [9.17, 15) is 8.78 Å². The number of nitrogens with two attached hydrogens (primary N) is 1. The summed E-state index contributed by atoms with van der Waals surface area (Å²) in [6, 6.07) is 4.92. The van der Waals surface area contributed by atoms with E-state index in [1.165, 1.54) is 24.5 Å². The first-order valence-electron chi connectivity index (χ1n) is 4.33. The zero-order valence-electron chi connectivity index (χ0n) is 7.74. The second-order valence-electron chi connectivity index (χ2n) is 3.09. The van der Waals surface area contributed by atoms with E-state index in [-0.39, 0.29) is 5.56 Å². The Morgan fingerprint density at radius 1 is 1.07 bits per heavy atom. The van der Waals surface area contributed by atoms with E-state index in [1.54, 1.807) is 6.07 Å². The van der Waals surface area contributed by atoms with E-state index in [2.05, 4.69) is 4.98 Å². The van der Waals surface area contributed by atoms with Crippen molar-refractivity contribution in [2.45, 2.75) is 0 Å². The minimum Gasteiger partial charge on any atom is -0.398 e. The largest absolute Gasteiger partial charge is 0.398 e. The topological polar surface area (TPSA) is 38.9 Å². The summed E-state index contributed by atoms with van der Waals surface area (Å²) in [5.41, 5.74) is 6.79. The van der Waals surface area contributed by atoms with Gasteiger partial charge in [0.05, 0.1) is 0 Å². The molecule has 4 heteroatoms. The molecule has 0 aliphatic rings. The number of pyridine rings is 1. The van der Waals surface area contributed by atoms with E-state index in [0.29, 0.717) is 11.3 Å². The number of rotatable bonds is 1. The summed E-state index contributed by atoms with van der Waals surface area (Å²) in [4.78, 5) is 3.85. The first-order valence-corrected chi connectivity index (χ1v) is 4.33. The van der Waals surface area contributed by atoms with Crippen LogP contribution in [-0.4, -0.2) is 4.98 Å². The highest BCUT2D eigenvalue weighted by molar-refractivity contribution is 5.75. The minimum absolute atomic E-state index is 0.252. The predicted molar refractivity (Wildman–Crippen MR) is 54.0 cm³/mol. The molecule has 0 unspecified atom stereocenters. The van der Waals surface area contributed by atoms with Gasteiger partial charge in [-0.25, -0.2) is 8.78 Å². The average Bonchev–Trinajstić information content (AvgIpc) is 2.20. The fourth-order valence-electron chi connectivity index (χ4n) is 1.34. The Morgan fingerprint density at radius 2 is 1.87 bits per heavy atom. The Balaban J connectivity index is 2.60. The Hall–Kier alpha value is -1.97. The predicted octanol–water partition coefficient (Wildman–Crippen LogP) is 2.61. The highest BCUT2D eigenvalue weighted by Gasteiger charge is 2.08. The van der Waals surface area contributed by atoms with Crippen LogP contribution in [0.5, 0.6) is 0 Å². The zero-order valence-corrected chi connectivity index (χ0v) is 7.74. The maximum Gasteiger partial charge on any atom is 0.134 e. The maximum atomic E-state index is 13.4. The second kappa shape index (κ2) is 3.65. The highest BCUT2D eigenvalue weighted by atomic mass is 19.1. The number of halogens is 2. The molecule has 2 aromatic rings. The molecule has 0 fully saturated rings. The van der Waals surface area contributed by atoms with Crippen LogP contribution in [0.15, 0.2) is 36.7 Å². The van der Waals surface area contributed by atoms with Gasteiger partial charge in [0.2, 0.25) is 0 Å². The van der Waals surface area contributed by atoms with Gasteiger partial charge in [-0.1, -0.05) is 0 Å². The SMILES string of the molecule is Nc1ccncc1-c1ccc(F)cc1F. The molecule has 0 aliphatic carbocycles. The van der Waals surface area contributed by atoms with E-state index in [1.807, 2.05) is 0 Å². The van der Waals surface area contributed by atoms with Gasteiger partial charge in [0.25, 0.3) is 0 Å². The van der Waals surface area contributed by atoms with Gasteiger partial charge in [-0.2, -0.15) is 0 Å². The van der Waals surface area contributed by atoms with Crippen LogP contribution in [0.25, 0.3) is 11.1 Å². The van der Waals surface area contributed by atoms with Crippen molar-refractivity contribution in [2.24, 2.45) is 0 Å². The minimum atomic E-state index is -0.644. The third kappa shape index (κ3) is 1.79. The molecule has 0 saturated carbocycles. The molecule has 1 aromatic heterocycles. The number of aromatic nitrogens is 1. The van der Waals surface area contributed by atoms with Crippen molar-refractivity contribution in [3.63, 3.8) is 0 Å². The molecule has 0 aliphatic heterocycles. The van der Waals surface area contributed by atoms with Crippen LogP contribution in [0.2, 0.25) is 0 Å². The summed E-state index contributed by atoms with van der Waals surface area (Å²) in [7, 11) is 0.